The maximum absolute atomic E-state index is 5.65. The van der Waals surface area contributed by atoms with Crippen molar-refractivity contribution in [2.24, 2.45) is 10.8 Å². The lowest BCUT2D eigenvalue weighted by Gasteiger charge is -2.16. The number of anilines is 1. The highest BCUT2D eigenvalue weighted by molar-refractivity contribution is 5.70. The zero-order valence-corrected chi connectivity index (χ0v) is 8.33. The number of benzene rings is 1. The van der Waals surface area contributed by atoms with Crippen LogP contribution in [0, 0.1) is 13.8 Å². The van der Waals surface area contributed by atoms with Crippen LogP contribution in [-0.2, 0) is 0 Å². The Morgan fingerprint density at radius 3 is 2.31 bits per heavy atom. The summed E-state index contributed by atoms with van der Waals surface area (Å²) >= 11 is 0. The van der Waals surface area contributed by atoms with Crippen LogP contribution in [-0.4, -0.2) is 13.8 Å². The van der Waals surface area contributed by atoms with E-state index in [-0.39, 0.29) is 0 Å². The molecule has 1 aromatic rings. The Kier molecular flexibility index (Phi) is 2.68. The molecule has 0 aliphatic rings. The van der Waals surface area contributed by atoms with Crippen LogP contribution in [0.3, 0.4) is 0 Å². The summed E-state index contributed by atoms with van der Waals surface area (Å²) in [6, 6.07) is 4.00. The summed E-state index contributed by atoms with van der Waals surface area (Å²) < 4.78 is 0. The van der Waals surface area contributed by atoms with E-state index in [0.29, 0.717) is 0 Å². The van der Waals surface area contributed by atoms with Crippen LogP contribution >= 0.6 is 0 Å². The molecule has 0 aliphatic carbocycles. The number of aryl methyl sites for hydroxylation is 2. The molecule has 0 amide bonds. The first-order chi connectivity index (χ1) is 6.06. The van der Waals surface area contributed by atoms with Gasteiger partial charge in [-0.05, 0) is 43.8 Å². The van der Waals surface area contributed by atoms with Gasteiger partial charge in [-0.1, -0.05) is 0 Å². The van der Waals surface area contributed by atoms with Crippen LogP contribution in [0.4, 0.5) is 11.4 Å². The van der Waals surface area contributed by atoms with Gasteiger partial charge in [-0.15, -0.1) is 0 Å². The number of hydrogen-bond donors (Lipinski definition) is 1. The molecular formula is C10H15N3. The van der Waals surface area contributed by atoms with E-state index in [4.69, 9.17) is 5.84 Å². The van der Waals surface area contributed by atoms with Crippen molar-refractivity contribution in [2.45, 2.75) is 13.8 Å². The molecular weight excluding hydrogens is 162 g/mol. The molecule has 13 heavy (non-hydrogen) atoms. The quantitative estimate of drug-likeness (QED) is 0.426. The second-order valence-corrected chi connectivity index (χ2v) is 3.19. The van der Waals surface area contributed by atoms with Crippen LogP contribution < -0.4 is 10.9 Å². The van der Waals surface area contributed by atoms with E-state index in [1.807, 2.05) is 19.1 Å². The van der Waals surface area contributed by atoms with Crippen LogP contribution in [0.1, 0.15) is 11.1 Å². The summed E-state index contributed by atoms with van der Waals surface area (Å²) in [6.45, 7) is 7.61. The van der Waals surface area contributed by atoms with Gasteiger partial charge in [0.2, 0.25) is 0 Å². The fourth-order valence-electron chi connectivity index (χ4n) is 1.19. The second-order valence-electron chi connectivity index (χ2n) is 3.19. The summed E-state index contributed by atoms with van der Waals surface area (Å²) in [5.41, 5.74) is 4.14. The first-order valence-electron chi connectivity index (χ1n) is 4.12. The average Bonchev–Trinajstić information content (AvgIpc) is 2.08. The zero-order valence-electron chi connectivity index (χ0n) is 8.33. The molecule has 70 valence electrons. The van der Waals surface area contributed by atoms with Crippen LogP contribution in [0.2, 0.25) is 0 Å². The molecule has 0 bridgehead atoms. The monoisotopic (exact) mass is 177 g/mol. The first-order valence-corrected chi connectivity index (χ1v) is 4.12. The van der Waals surface area contributed by atoms with Crippen molar-refractivity contribution in [1.29, 1.82) is 0 Å². The van der Waals surface area contributed by atoms with E-state index >= 15 is 0 Å². The summed E-state index contributed by atoms with van der Waals surface area (Å²) in [6.07, 6.45) is 0. The highest BCUT2D eigenvalue weighted by Gasteiger charge is 2.05. The van der Waals surface area contributed by atoms with Crippen molar-refractivity contribution in [3.05, 3.63) is 23.3 Å². The molecule has 1 aromatic carbocycles. The van der Waals surface area contributed by atoms with E-state index in [1.54, 1.807) is 12.1 Å². The van der Waals surface area contributed by atoms with Gasteiger partial charge < -0.3 is 5.01 Å². The summed E-state index contributed by atoms with van der Waals surface area (Å²) in [5, 5.41) is 1.55. The number of hydrogen-bond acceptors (Lipinski definition) is 3. The molecule has 0 radical (unpaired) electrons. The zero-order chi connectivity index (χ0) is 10.0. The molecule has 0 saturated heterocycles. The Balaban J connectivity index is 3.32. The Morgan fingerprint density at radius 1 is 1.31 bits per heavy atom. The Bertz CT molecular complexity index is 329. The van der Waals surface area contributed by atoms with Gasteiger partial charge >= 0.3 is 0 Å². The van der Waals surface area contributed by atoms with E-state index in [9.17, 15) is 0 Å². The largest absolute Gasteiger partial charge is 0.312 e. The molecule has 2 N–H and O–H groups in total. The fourth-order valence-corrected chi connectivity index (χ4v) is 1.19. The van der Waals surface area contributed by atoms with Crippen molar-refractivity contribution in [2.75, 3.05) is 12.1 Å². The number of aliphatic imine (C=N–C) groups is 1. The molecule has 1 rings (SSSR count). The maximum atomic E-state index is 5.65. The number of rotatable bonds is 2. The van der Waals surface area contributed by atoms with Crippen LogP contribution in [0.15, 0.2) is 17.1 Å². The summed E-state index contributed by atoms with van der Waals surface area (Å²) in [5.74, 6) is 5.65. The van der Waals surface area contributed by atoms with E-state index < -0.39 is 0 Å². The third kappa shape index (κ3) is 1.87. The molecule has 0 saturated carbocycles. The Hall–Kier alpha value is -1.35. The third-order valence-electron chi connectivity index (χ3n) is 2.14. The summed E-state index contributed by atoms with van der Waals surface area (Å²) in [7, 11) is 1.79. The van der Waals surface area contributed by atoms with Gasteiger partial charge in [-0.2, -0.15) is 0 Å². The highest BCUT2D eigenvalue weighted by Crippen LogP contribution is 2.29. The van der Waals surface area contributed by atoms with E-state index in [2.05, 4.69) is 18.6 Å². The smallest absolute Gasteiger partial charge is 0.0872 e. The van der Waals surface area contributed by atoms with Gasteiger partial charge in [0.15, 0.2) is 0 Å². The normalized spacial score (nSPS) is 9.85. The van der Waals surface area contributed by atoms with Gasteiger partial charge in [-0.3, -0.25) is 4.99 Å². The molecule has 0 fully saturated rings. The van der Waals surface area contributed by atoms with E-state index in [0.717, 1.165) is 11.4 Å². The number of hydrazine groups is 1. The molecule has 3 heteroatoms. The van der Waals surface area contributed by atoms with Crippen molar-refractivity contribution in [3.8, 4) is 0 Å². The van der Waals surface area contributed by atoms with Gasteiger partial charge in [0.25, 0.3) is 0 Å². The lowest BCUT2D eigenvalue weighted by atomic mass is 10.1. The minimum Gasteiger partial charge on any atom is -0.312 e. The molecule has 0 aromatic heterocycles. The topological polar surface area (TPSA) is 41.6 Å². The lowest BCUT2D eigenvalue weighted by Crippen LogP contribution is -2.25. The highest BCUT2D eigenvalue weighted by atomic mass is 15.4. The van der Waals surface area contributed by atoms with Crippen molar-refractivity contribution >= 4 is 18.1 Å². The van der Waals surface area contributed by atoms with Crippen LogP contribution in [0.5, 0.6) is 0 Å². The molecule has 0 atom stereocenters. The maximum Gasteiger partial charge on any atom is 0.0872 e. The van der Waals surface area contributed by atoms with Gasteiger partial charge in [0.05, 0.1) is 11.4 Å². The minimum absolute atomic E-state index is 0.827. The van der Waals surface area contributed by atoms with Crippen molar-refractivity contribution < 1.29 is 0 Å². The van der Waals surface area contributed by atoms with Crippen LogP contribution in [0.25, 0.3) is 0 Å². The fraction of sp³-hybridized carbons (Fsp3) is 0.300. The Labute approximate surface area is 78.9 Å². The number of nitrogens with zero attached hydrogens (tertiary/aromatic N) is 2. The van der Waals surface area contributed by atoms with Crippen molar-refractivity contribution in [3.63, 3.8) is 0 Å². The van der Waals surface area contributed by atoms with Gasteiger partial charge in [-0.25, -0.2) is 5.84 Å². The second kappa shape index (κ2) is 3.58. The van der Waals surface area contributed by atoms with E-state index in [1.165, 1.54) is 11.1 Å². The molecule has 0 aliphatic heterocycles. The van der Waals surface area contributed by atoms with Crippen molar-refractivity contribution in [1.82, 2.24) is 0 Å². The number of nitrogens with two attached hydrogens (primary N) is 1. The Morgan fingerprint density at radius 2 is 1.85 bits per heavy atom. The third-order valence-corrected chi connectivity index (χ3v) is 2.14. The minimum atomic E-state index is 0.827. The molecule has 0 spiro atoms. The standard InChI is InChI=1S/C10H15N3/c1-7-5-9(12-3)10(13(4)11)6-8(7)2/h5-6H,3,11H2,1-2,4H3. The lowest BCUT2D eigenvalue weighted by molar-refractivity contribution is 1.01. The average molecular weight is 177 g/mol. The van der Waals surface area contributed by atoms with Gasteiger partial charge in [0, 0.05) is 7.05 Å². The first kappa shape index (κ1) is 9.74. The molecule has 0 unspecified atom stereocenters. The van der Waals surface area contributed by atoms with Gasteiger partial charge in [0.1, 0.15) is 0 Å². The molecule has 3 nitrogen and oxygen atoms in total. The predicted molar refractivity (Wildman–Crippen MR) is 57.7 cm³/mol. The SMILES string of the molecule is C=Nc1cc(C)c(C)cc1N(C)N. The predicted octanol–water partition coefficient (Wildman–Crippen LogP) is 1.95. The molecule has 0 heterocycles. The summed E-state index contributed by atoms with van der Waals surface area (Å²) in [4.78, 5) is 3.92.